The van der Waals surface area contributed by atoms with E-state index in [0.29, 0.717) is 19.7 Å². The predicted octanol–water partition coefficient (Wildman–Crippen LogP) is -1.34. The number of hydrogen-bond acceptors (Lipinski definition) is 5. The van der Waals surface area contributed by atoms with Crippen LogP contribution >= 0.6 is 0 Å². The maximum Gasteiger partial charge on any atom is 0.305 e. The van der Waals surface area contributed by atoms with Gasteiger partial charge < -0.3 is 20.3 Å². The van der Waals surface area contributed by atoms with Crippen LogP contribution in [0.2, 0.25) is 0 Å². The maximum absolute atomic E-state index is 11.6. The highest BCUT2D eigenvalue weighted by atomic mass is 16.5. The van der Waals surface area contributed by atoms with E-state index in [9.17, 15) is 14.7 Å². The van der Waals surface area contributed by atoms with Crippen molar-refractivity contribution in [2.75, 3.05) is 32.8 Å². The molecule has 18 heavy (non-hydrogen) atoms. The molecular weight excluding hydrogens is 240 g/mol. The van der Waals surface area contributed by atoms with Crippen LogP contribution in [0.15, 0.2) is 0 Å². The fraction of sp³-hybridized carbons (Fsp3) is 0.818. The van der Waals surface area contributed by atoms with E-state index in [1.807, 2.05) is 6.92 Å². The molecule has 0 radical (unpaired) electrons. The normalized spacial score (nSPS) is 22.6. The van der Waals surface area contributed by atoms with Gasteiger partial charge in [0.1, 0.15) is 0 Å². The molecule has 1 aliphatic rings. The minimum Gasteiger partial charge on any atom is -0.481 e. The topological polar surface area (TPSA) is 99.1 Å². The first-order chi connectivity index (χ1) is 8.54. The number of carbonyl (C=O) groups excluding carboxylic acids is 1. The van der Waals surface area contributed by atoms with Gasteiger partial charge in [-0.2, -0.15) is 0 Å². The Hall–Kier alpha value is -1.18. The maximum atomic E-state index is 11.6. The molecule has 0 spiro atoms. The van der Waals surface area contributed by atoms with E-state index in [1.165, 1.54) is 0 Å². The number of aliphatic hydroxyl groups is 1. The molecule has 0 aromatic rings. The predicted molar refractivity (Wildman–Crippen MR) is 63.1 cm³/mol. The molecule has 0 aliphatic carbocycles. The summed E-state index contributed by atoms with van der Waals surface area (Å²) >= 11 is 0. The highest BCUT2D eigenvalue weighted by molar-refractivity contribution is 5.86. The SMILES string of the molecule is CCOCC(O)CN1CCNC(=O)C1CC(=O)O. The van der Waals surface area contributed by atoms with Crippen LogP contribution in [0.1, 0.15) is 13.3 Å². The van der Waals surface area contributed by atoms with Crippen molar-refractivity contribution in [3.8, 4) is 0 Å². The van der Waals surface area contributed by atoms with Crippen molar-refractivity contribution in [1.29, 1.82) is 0 Å². The number of amides is 1. The second-order valence-corrected chi connectivity index (χ2v) is 4.21. The summed E-state index contributed by atoms with van der Waals surface area (Å²) in [6, 6.07) is -0.715. The average molecular weight is 260 g/mol. The zero-order valence-electron chi connectivity index (χ0n) is 10.5. The van der Waals surface area contributed by atoms with Crippen molar-refractivity contribution in [3.63, 3.8) is 0 Å². The summed E-state index contributed by atoms with van der Waals surface area (Å²) in [4.78, 5) is 24.0. The van der Waals surface area contributed by atoms with E-state index in [1.54, 1.807) is 4.90 Å². The summed E-state index contributed by atoms with van der Waals surface area (Å²) < 4.78 is 5.09. The molecule has 2 unspecified atom stereocenters. The van der Waals surface area contributed by atoms with E-state index in [4.69, 9.17) is 9.84 Å². The van der Waals surface area contributed by atoms with E-state index >= 15 is 0 Å². The molecule has 3 N–H and O–H groups in total. The Balaban J connectivity index is 2.53. The van der Waals surface area contributed by atoms with Gasteiger partial charge in [-0.3, -0.25) is 14.5 Å². The third-order valence-corrected chi connectivity index (χ3v) is 2.77. The fourth-order valence-electron chi connectivity index (χ4n) is 1.95. The van der Waals surface area contributed by atoms with Crippen molar-refractivity contribution < 1.29 is 24.5 Å². The van der Waals surface area contributed by atoms with Gasteiger partial charge in [-0.25, -0.2) is 0 Å². The molecule has 2 atom stereocenters. The fourth-order valence-corrected chi connectivity index (χ4v) is 1.95. The van der Waals surface area contributed by atoms with Gasteiger partial charge in [0, 0.05) is 26.2 Å². The van der Waals surface area contributed by atoms with Crippen LogP contribution in [0.3, 0.4) is 0 Å². The minimum absolute atomic E-state index is 0.189. The van der Waals surface area contributed by atoms with Crippen LogP contribution in [0.25, 0.3) is 0 Å². The average Bonchev–Trinajstić information content (AvgIpc) is 2.30. The lowest BCUT2D eigenvalue weighted by atomic mass is 10.1. The van der Waals surface area contributed by atoms with E-state index in [-0.39, 0.29) is 25.5 Å². The number of aliphatic hydroxyl groups excluding tert-OH is 1. The quantitative estimate of drug-likeness (QED) is 0.524. The molecule has 1 fully saturated rings. The van der Waals surface area contributed by atoms with E-state index in [2.05, 4.69) is 5.32 Å². The molecule has 104 valence electrons. The first kappa shape index (κ1) is 14.9. The number of aliphatic carboxylic acids is 1. The molecule has 1 saturated heterocycles. The third kappa shape index (κ3) is 4.59. The third-order valence-electron chi connectivity index (χ3n) is 2.77. The molecule has 1 aliphatic heterocycles. The number of β-amino-alcohol motifs (C(OH)–C–C–N with tert-alkyl or cyclic N) is 1. The zero-order valence-corrected chi connectivity index (χ0v) is 10.5. The van der Waals surface area contributed by atoms with E-state index in [0.717, 1.165) is 0 Å². The van der Waals surface area contributed by atoms with Crippen molar-refractivity contribution in [3.05, 3.63) is 0 Å². The molecule has 0 aromatic carbocycles. The first-order valence-electron chi connectivity index (χ1n) is 6.04. The summed E-state index contributed by atoms with van der Waals surface area (Å²) in [5, 5.41) is 21.1. The highest BCUT2D eigenvalue weighted by Gasteiger charge is 2.32. The molecule has 0 aromatic heterocycles. The smallest absolute Gasteiger partial charge is 0.305 e. The molecule has 0 saturated carbocycles. The summed E-state index contributed by atoms with van der Waals surface area (Å²) in [7, 11) is 0. The largest absolute Gasteiger partial charge is 0.481 e. The van der Waals surface area contributed by atoms with Gasteiger partial charge in [0.15, 0.2) is 0 Å². The van der Waals surface area contributed by atoms with Crippen molar-refractivity contribution in [2.45, 2.75) is 25.5 Å². The van der Waals surface area contributed by atoms with Crippen LogP contribution < -0.4 is 5.32 Å². The lowest BCUT2D eigenvalue weighted by molar-refractivity contribution is -0.143. The summed E-state index contributed by atoms with van der Waals surface area (Å²) in [5.41, 5.74) is 0. The number of nitrogens with zero attached hydrogens (tertiary/aromatic N) is 1. The lowest BCUT2D eigenvalue weighted by Gasteiger charge is -2.35. The van der Waals surface area contributed by atoms with Crippen LogP contribution in [-0.4, -0.2) is 72.0 Å². The molecule has 0 bridgehead atoms. The second-order valence-electron chi connectivity index (χ2n) is 4.21. The number of carbonyl (C=O) groups is 2. The van der Waals surface area contributed by atoms with Crippen LogP contribution in [-0.2, 0) is 14.3 Å². The number of carboxylic acid groups (broad SMARTS) is 1. The number of carboxylic acids is 1. The van der Waals surface area contributed by atoms with Crippen molar-refractivity contribution >= 4 is 11.9 Å². The van der Waals surface area contributed by atoms with Crippen LogP contribution in [0.4, 0.5) is 0 Å². The standard InChI is InChI=1S/C11H20N2O5/c1-2-18-7-8(14)6-13-4-3-12-11(17)9(13)5-10(15)16/h8-9,14H,2-7H2,1H3,(H,12,17)(H,15,16). The monoisotopic (exact) mass is 260 g/mol. The lowest BCUT2D eigenvalue weighted by Crippen LogP contribution is -2.57. The number of piperazine rings is 1. The molecule has 1 amide bonds. The Morgan fingerprint density at radius 3 is 3.00 bits per heavy atom. The van der Waals surface area contributed by atoms with Gasteiger partial charge in [0.25, 0.3) is 0 Å². The van der Waals surface area contributed by atoms with Gasteiger partial charge in [-0.15, -0.1) is 0 Å². The van der Waals surface area contributed by atoms with Gasteiger partial charge in [0.05, 0.1) is 25.2 Å². The highest BCUT2D eigenvalue weighted by Crippen LogP contribution is 2.09. The number of rotatable bonds is 7. The number of hydrogen-bond donors (Lipinski definition) is 3. The summed E-state index contributed by atoms with van der Waals surface area (Å²) in [5.74, 6) is -1.33. The van der Waals surface area contributed by atoms with Crippen molar-refractivity contribution in [2.24, 2.45) is 0 Å². The summed E-state index contributed by atoms with van der Waals surface area (Å²) in [6.45, 7) is 3.77. The Morgan fingerprint density at radius 2 is 2.39 bits per heavy atom. The molecule has 1 heterocycles. The Morgan fingerprint density at radius 1 is 1.67 bits per heavy atom. The van der Waals surface area contributed by atoms with Gasteiger partial charge in [-0.05, 0) is 6.92 Å². The molecule has 7 nitrogen and oxygen atoms in total. The van der Waals surface area contributed by atoms with Crippen molar-refractivity contribution in [1.82, 2.24) is 10.2 Å². The summed E-state index contributed by atoms with van der Waals surface area (Å²) in [6.07, 6.45) is -0.972. The van der Waals surface area contributed by atoms with Crippen LogP contribution in [0, 0.1) is 0 Å². The Bertz CT molecular complexity index is 297. The van der Waals surface area contributed by atoms with Gasteiger partial charge in [0.2, 0.25) is 5.91 Å². The molecule has 7 heteroatoms. The van der Waals surface area contributed by atoms with Crippen LogP contribution in [0.5, 0.6) is 0 Å². The second kappa shape index (κ2) is 7.30. The number of nitrogens with one attached hydrogen (secondary N) is 1. The number of ether oxygens (including phenoxy) is 1. The van der Waals surface area contributed by atoms with E-state index < -0.39 is 18.1 Å². The Labute approximate surface area is 106 Å². The molecular formula is C11H20N2O5. The zero-order chi connectivity index (χ0) is 13.5. The minimum atomic E-state index is -1.03. The van der Waals surface area contributed by atoms with Gasteiger partial charge >= 0.3 is 5.97 Å². The van der Waals surface area contributed by atoms with Gasteiger partial charge in [-0.1, -0.05) is 0 Å². The molecule has 1 rings (SSSR count). The Kier molecular flexibility index (Phi) is 6.03. The first-order valence-corrected chi connectivity index (χ1v) is 6.04.